The summed E-state index contributed by atoms with van der Waals surface area (Å²) in [6.45, 7) is 81.6. The fourth-order valence-electron chi connectivity index (χ4n) is 25.1. The zero-order valence-corrected chi connectivity index (χ0v) is 95.4. The lowest BCUT2D eigenvalue weighted by Crippen LogP contribution is -2.51. The van der Waals surface area contributed by atoms with Crippen LogP contribution in [0, 0.1) is 82.3 Å². The summed E-state index contributed by atoms with van der Waals surface area (Å²) in [7, 11) is 1.57. The van der Waals surface area contributed by atoms with Crippen LogP contribution >= 0.6 is 0 Å². The predicted octanol–water partition coefficient (Wildman–Crippen LogP) is 22.6. The van der Waals surface area contributed by atoms with Gasteiger partial charge < -0.3 is 4.74 Å². The molecule has 12 fully saturated rings. The number of methoxy groups -OCH3 is 1. The summed E-state index contributed by atoms with van der Waals surface area (Å²) in [6, 6.07) is 6.17. The maximum atomic E-state index is 14.0. The minimum absolute atomic E-state index is 0.00454. The van der Waals surface area contributed by atoms with Gasteiger partial charge in [0.2, 0.25) is 0 Å². The number of carbonyl (C=O) groups is 9. The Kier molecular flexibility index (Phi) is 51.4. The molecule has 25 heteroatoms. The molecule has 9 saturated heterocycles. The van der Waals surface area contributed by atoms with Crippen molar-refractivity contribution in [1.29, 1.82) is 5.26 Å². The number of hydrogen-bond acceptors (Lipinski definition) is 20. The molecule has 0 radical (unpaired) electrons. The van der Waals surface area contributed by atoms with Gasteiger partial charge in [0, 0.05) is 169 Å². The molecule has 0 aromatic rings. The lowest BCUT2D eigenvalue weighted by atomic mass is 9.96. The molecule has 3 aliphatic carbocycles. The highest BCUT2D eigenvalue weighted by molar-refractivity contribution is 5.90. The molecule has 12 rings (SSSR count). The van der Waals surface area contributed by atoms with Crippen LogP contribution in [0.3, 0.4) is 0 Å². The zero-order chi connectivity index (χ0) is 107. The molecule has 806 valence electrons. The molecular weight excluding hydrogens is 1760 g/mol. The number of halogens is 5. The molecule has 1 spiro atoms. The average molecular weight is 1970 g/mol. The zero-order valence-electron chi connectivity index (χ0n) is 95.4. The van der Waals surface area contributed by atoms with Gasteiger partial charge in [0.15, 0.2) is 52.0 Å². The fourth-order valence-corrected chi connectivity index (χ4v) is 25.1. The summed E-state index contributed by atoms with van der Waals surface area (Å²) in [6.07, 6.45) is 13.8. The first-order valence-corrected chi connectivity index (χ1v) is 55.3. The minimum Gasteiger partial charge on any atom is -0.383 e. The SMILES string of the molecule is CC(C)C(=O)[C@@H]1CCC2(CC2)N1C(C)C.CC(C)C(=O)[C@@H]1CC[C@H](C(F)(F)F)N1C(C)C.CC(C)C(=O)[C@@H]1CC[C@H](C)N1C(C)C.CC(C)C(=O)[C@@H]1CC[C@H](C2CC2)N1C(C)C.CC(C)C(=O)[C@@H]1C[C@@H](C#N)[C@H](C)N1C(C)C.CC(C)C(=O)[C@@H]1C[C@@H](F)[C@H](C)N1C(C)C.CC(C)C(=O)[C@@H]1C[C@@H]2C[C@@H]2N1C(C)C.CC[C@H]1CC[C@@H](C(=O)C(C)C)N1C(C)C.COC[C@H]1[C@H](F)C[C@@H](C(=O)C(C)C)N1C(C)C. The van der Waals surface area contributed by atoms with Crippen molar-refractivity contribution in [2.24, 2.45) is 71.0 Å². The van der Waals surface area contributed by atoms with E-state index in [0.29, 0.717) is 121 Å². The molecule has 139 heavy (non-hydrogen) atoms. The molecule has 0 bridgehead atoms. The Morgan fingerprint density at radius 1 is 0.331 bits per heavy atom. The number of likely N-dealkylation sites (tertiary alicyclic amines) is 9. The first-order valence-electron chi connectivity index (χ1n) is 55.3. The summed E-state index contributed by atoms with van der Waals surface area (Å²) in [4.78, 5) is 128. The summed E-state index contributed by atoms with van der Waals surface area (Å²) in [5, 5.41) is 9.09. The van der Waals surface area contributed by atoms with Crippen molar-refractivity contribution >= 4 is 52.0 Å². The molecule has 9 aliphatic heterocycles. The highest BCUT2D eigenvalue weighted by Crippen LogP contribution is 2.54. The molecule has 0 amide bonds. The second-order valence-electron chi connectivity index (χ2n) is 48.7. The van der Waals surface area contributed by atoms with Gasteiger partial charge in [0.25, 0.3) is 0 Å². The van der Waals surface area contributed by atoms with Crippen molar-refractivity contribution in [2.45, 2.75) is 587 Å². The summed E-state index contributed by atoms with van der Waals surface area (Å²) in [5.41, 5.74) is 0.434. The number of ether oxygens (including phenoxy) is 1. The maximum Gasteiger partial charge on any atom is 0.404 e. The number of rotatable bonds is 31. The van der Waals surface area contributed by atoms with Gasteiger partial charge in [-0.2, -0.15) is 18.4 Å². The second-order valence-corrected chi connectivity index (χ2v) is 48.7. The van der Waals surface area contributed by atoms with Crippen molar-refractivity contribution < 1.29 is 69.8 Å². The van der Waals surface area contributed by atoms with Crippen molar-refractivity contribution in [3.8, 4) is 6.07 Å². The standard InChI is InChI=1S/C14H25NO.C13H24FNO2.C13H22N2O.C13H23NO.C13H25NO.C12H20F3NO.C12H22FNO.C12H21NO.C12H23NO/c1-9(2)14(16)13-8-7-12(11-5-6-11)15(13)10(3)4;1-8(2)13(16)11-6-10(14)12(7-17-5)15(11)9(3)4;1-8(2)13(16)12-6-11(7-14)10(5)15(12)9(3)4;1-9(2)12(15)11-5-6-13(7-8-13)14(11)10(3)4;1-6-11-7-8-12(13(15)9(2)3)14(11)10(4)5;1-7(2)11(17)9-5-6-10(12(13,14)15)16(9)8(3)4;1-7(2)12(15)11-6-10(13)9(5)14(11)8(3)4;1-7(2)12(14)11-6-9-5-10(9)13(11)8(3)4;1-8(2)12(14)11-7-6-10(5)13(11)9(3)4/h9-13H,5-8H2,1-4H3;8-12H,6-7H2,1-5H3;8-12H,6H2,1-5H3;9-11H,5-8H2,1-4H3;9-12H,6-8H2,1-5H3;7-10H,5-6H2,1-4H3;7-11H,6H2,1-5H3;7-11H,5-6H2,1-4H3;8-11H,6-7H2,1-5H3/t12-,13+;10-,11+,12+;10-,11-,12-;11-;11-,12-;9-,10+;9-,10+,11-;9-,10-,11-;10-,11-/m110000000/s1. The van der Waals surface area contributed by atoms with Crippen molar-refractivity contribution in [3.63, 3.8) is 0 Å². The molecule has 21 atom stereocenters. The lowest BCUT2D eigenvalue weighted by molar-refractivity contribution is -0.184. The Morgan fingerprint density at radius 3 is 1.03 bits per heavy atom. The van der Waals surface area contributed by atoms with Crippen molar-refractivity contribution in [2.75, 3.05) is 13.7 Å². The summed E-state index contributed by atoms with van der Waals surface area (Å²) in [5.74, 6) is 5.14. The lowest BCUT2D eigenvalue weighted by Gasteiger charge is -2.34. The number of hydrogen-bond donors (Lipinski definition) is 0. The maximum absolute atomic E-state index is 14.0. The minimum atomic E-state index is -4.24. The highest BCUT2D eigenvalue weighted by Gasteiger charge is 2.59. The highest BCUT2D eigenvalue weighted by atomic mass is 19.4. The van der Waals surface area contributed by atoms with Crippen LogP contribution in [-0.2, 0) is 47.9 Å². The van der Waals surface area contributed by atoms with E-state index in [9.17, 15) is 65.1 Å². The van der Waals surface area contributed by atoms with Crippen LogP contribution < -0.4 is 0 Å². The monoisotopic (exact) mass is 1970 g/mol. The van der Waals surface area contributed by atoms with E-state index in [-0.39, 0.29) is 173 Å². The molecule has 12 aliphatic rings. The number of nitrogens with zero attached hydrogens (tertiary/aromatic N) is 10. The van der Waals surface area contributed by atoms with E-state index >= 15 is 0 Å². The van der Waals surface area contributed by atoms with Crippen LogP contribution in [0.5, 0.6) is 0 Å². The number of fused-ring (bicyclic) bond motifs is 1. The summed E-state index contributed by atoms with van der Waals surface area (Å²) >= 11 is 0. The van der Waals surface area contributed by atoms with Gasteiger partial charge in [-0.15, -0.1) is 0 Å². The molecule has 0 aromatic heterocycles. The molecule has 0 N–H and O–H groups in total. The third-order valence-corrected chi connectivity index (χ3v) is 32.2. The number of carbonyl (C=O) groups excluding carboxylic acids is 9. The van der Waals surface area contributed by atoms with Gasteiger partial charge in [0.05, 0.1) is 79.0 Å². The summed E-state index contributed by atoms with van der Waals surface area (Å²) < 4.78 is 71.2. The molecular formula is C114H205F5N10O10. The van der Waals surface area contributed by atoms with Crippen LogP contribution in [0.2, 0.25) is 0 Å². The molecule has 0 unspecified atom stereocenters. The quantitative estimate of drug-likeness (QED) is 0.0590. The Bertz CT molecular complexity index is 3790. The topological polar surface area (TPSA) is 216 Å². The van der Waals surface area contributed by atoms with Gasteiger partial charge >= 0.3 is 6.18 Å². The van der Waals surface area contributed by atoms with Gasteiger partial charge in [-0.1, -0.05) is 132 Å². The van der Waals surface area contributed by atoms with Gasteiger partial charge in [-0.25, -0.2) is 8.78 Å². The molecule has 20 nitrogen and oxygen atoms in total. The van der Waals surface area contributed by atoms with E-state index in [1.54, 1.807) is 34.8 Å². The average Bonchev–Trinajstić information content (AvgIpc) is 1.58. The Balaban J connectivity index is 0.000000327. The van der Waals surface area contributed by atoms with Gasteiger partial charge in [0.1, 0.15) is 18.4 Å². The van der Waals surface area contributed by atoms with E-state index in [1.165, 1.54) is 69.1 Å². The third-order valence-electron chi connectivity index (χ3n) is 32.2. The first-order chi connectivity index (χ1) is 64.3. The van der Waals surface area contributed by atoms with E-state index in [0.717, 1.165) is 50.0 Å². The van der Waals surface area contributed by atoms with Crippen LogP contribution in [0.25, 0.3) is 0 Å². The van der Waals surface area contributed by atoms with E-state index in [4.69, 9.17) is 10.00 Å². The Labute approximate surface area is 844 Å². The van der Waals surface area contributed by atoms with Crippen molar-refractivity contribution in [1.82, 2.24) is 44.1 Å². The number of ketones is 9. The molecule has 3 saturated carbocycles. The number of alkyl halides is 5. The molecule has 9 heterocycles. The van der Waals surface area contributed by atoms with Crippen LogP contribution in [0.15, 0.2) is 0 Å². The van der Waals surface area contributed by atoms with Gasteiger partial charge in [-0.05, 0) is 273 Å². The van der Waals surface area contributed by atoms with Crippen LogP contribution in [0.1, 0.15) is 405 Å². The number of piperidine rings is 1. The Morgan fingerprint density at radius 2 is 0.662 bits per heavy atom. The normalized spacial score (nSPS) is 30.6. The largest absolute Gasteiger partial charge is 0.404 e. The number of nitriles is 1. The third kappa shape index (κ3) is 33.6. The predicted molar refractivity (Wildman–Crippen MR) is 557 cm³/mol. The smallest absolute Gasteiger partial charge is 0.383 e. The molecule has 0 aromatic carbocycles. The van der Waals surface area contributed by atoms with E-state index < -0.39 is 30.6 Å². The number of Topliss-reactive ketones (excluding diaryl/α,β-unsaturated/α-hetero) is 9. The van der Waals surface area contributed by atoms with E-state index in [1.807, 2.05) is 155 Å². The van der Waals surface area contributed by atoms with E-state index in [2.05, 4.69) is 139 Å². The van der Waals surface area contributed by atoms with Crippen molar-refractivity contribution in [3.05, 3.63) is 0 Å². The van der Waals surface area contributed by atoms with Crippen LogP contribution in [0.4, 0.5) is 22.0 Å². The van der Waals surface area contributed by atoms with Crippen LogP contribution in [-0.4, -0.2) is 291 Å². The second kappa shape index (κ2) is 56.2. The Hall–Kier alpha value is -4.23. The first kappa shape index (κ1) is 127. The van der Waals surface area contributed by atoms with Gasteiger partial charge in [-0.3, -0.25) is 87.3 Å². The fraction of sp³-hybridized carbons (Fsp3) is 0.912.